The highest BCUT2D eigenvalue weighted by atomic mass is 35.5. The van der Waals surface area contributed by atoms with E-state index in [1.165, 1.54) is 17.6 Å². The molecule has 2 aliphatic rings. The third-order valence-corrected chi connectivity index (χ3v) is 15.5. The van der Waals surface area contributed by atoms with E-state index in [1.807, 2.05) is 91.4 Å². The van der Waals surface area contributed by atoms with Gasteiger partial charge >= 0.3 is 11.8 Å². The molecule has 0 radical (unpaired) electrons. The number of benzene rings is 4. The summed E-state index contributed by atoms with van der Waals surface area (Å²) < 4.78 is 70.8. The van der Waals surface area contributed by atoms with Crippen molar-refractivity contribution in [1.29, 1.82) is 0 Å². The van der Waals surface area contributed by atoms with E-state index in [1.54, 1.807) is 37.4 Å². The van der Waals surface area contributed by atoms with Crippen LogP contribution < -0.4 is 20.7 Å². The van der Waals surface area contributed by atoms with Gasteiger partial charge in [-0.1, -0.05) is 85.1 Å². The summed E-state index contributed by atoms with van der Waals surface area (Å²) in [4.78, 5) is 52.1. The zero-order valence-electron chi connectivity index (χ0n) is 44.7. The summed E-state index contributed by atoms with van der Waals surface area (Å²) >= 11 is 12.7. The Morgan fingerprint density at radius 2 is 1.55 bits per heavy atom. The standard InChI is InChI=1S/C58H72Cl2F4N8O5/c1-38-42(30-40-12-8-7-9-13-40)14-10-15-47(38)67-56(75)49(28-19-39-17-23-44(59)24-18-39)71(5)54(73)32-53(76-6)68-55(74)48(16-11-29-72-36-57(61,62)58(63,64)37-72)65-33-43-20-25-45(60)31-51(43)77-46-26-21-41(22-27-46)50-34-66-52(70(50)4)35-69(2)3/h7-9,12-13,17-18,20-27,31,34,38,42,47-49,53,65H,10-11,14-16,19,28-30,32-33,35-37H2,1-6H3,(H,67,75)(H,68,74)/t38-,42?,47?,48+,49+,53+/m1/s1. The number of methoxy groups -OCH3 is 1. The number of nitrogens with one attached hydrogen (secondary N) is 3. The van der Waals surface area contributed by atoms with E-state index in [-0.39, 0.29) is 50.2 Å². The second-order valence-corrected chi connectivity index (χ2v) is 21.8. The van der Waals surface area contributed by atoms with Crippen LogP contribution in [0.1, 0.15) is 74.4 Å². The van der Waals surface area contributed by atoms with Crippen molar-refractivity contribution in [3.05, 3.63) is 136 Å². The highest BCUT2D eigenvalue weighted by Gasteiger charge is 2.62. The van der Waals surface area contributed by atoms with E-state index in [4.69, 9.17) is 32.7 Å². The van der Waals surface area contributed by atoms with Gasteiger partial charge in [-0.15, -0.1) is 0 Å². The fourth-order valence-corrected chi connectivity index (χ4v) is 10.6. The molecular weight excluding hydrogens is 1040 g/mol. The van der Waals surface area contributed by atoms with Crippen LogP contribution in [0.15, 0.2) is 103 Å². The van der Waals surface area contributed by atoms with Crippen LogP contribution >= 0.6 is 23.2 Å². The first-order valence-corrected chi connectivity index (χ1v) is 27.1. The molecule has 3 amide bonds. The normalized spacial score (nSPS) is 19.4. The third-order valence-electron chi connectivity index (χ3n) is 15.0. The van der Waals surface area contributed by atoms with E-state index >= 15 is 0 Å². The van der Waals surface area contributed by atoms with Crippen LogP contribution in [0.3, 0.4) is 0 Å². The smallest absolute Gasteiger partial charge is 0.323 e. The molecule has 1 saturated heterocycles. The molecule has 1 aromatic heterocycles. The van der Waals surface area contributed by atoms with Crippen LogP contribution in [-0.2, 0) is 52.1 Å². The summed E-state index contributed by atoms with van der Waals surface area (Å²) in [5.74, 6) is -7.30. The van der Waals surface area contributed by atoms with Gasteiger partial charge in [0.2, 0.25) is 17.7 Å². The Labute approximate surface area is 460 Å². The molecular formula is C58H72Cl2F4N8O5. The molecule has 77 heavy (non-hydrogen) atoms. The Hall–Kier alpha value is -5.56. The number of halogens is 6. The van der Waals surface area contributed by atoms with Crippen molar-refractivity contribution in [2.24, 2.45) is 18.9 Å². The summed E-state index contributed by atoms with van der Waals surface area (Å²) in [5.41, 5.74) is 4.67. The molecule has 2 unspecified atom stereocenters. The van der Waals surface area contributed by atoms with Crippen molar-refractivity contribution in [3.63, 3.8) is 0 Å². The van der Waals surface area contributed by atoms with Gasteiger partial charge in [0, 0.05) is 55.0 Å². The molecule has 19 heteroatoms. The molecule has 0 bridgehead atoms. The highest BCUT2D eigenvalue weighted by molar-refractivity contribution is 6.31. The number of aryl methyl sites for hydroxylation is 1. The maximum absolute atomic E-state index is 14.4. The summed E-state index contributed by atoms with van der Waals surface area (Å²) in [6.45, 7) is 0.582. The lowest BCUT2D eigenvalue weighted by Crippen LogP contribution is -2.54. The molecule has 13 nitrogen and oxygen atoms in total. The highest BCUT2D eigenvalue weighted by Crippen LogP contribution is 2.41. The second-order valence-electron chi connectivity index (χ2n) is 20.9. The number of carbonyl (C=O) groups is 3. The predicted octanol–water partition coefficient (Wildman–Crippen LogP) is 10.2. The number of rotatable bonds is 25. The summed E-state index contributed by atoms with van der Waals surface area (Å²) in [6.07, 6.45) is 4.98. The number of amides is 3. The van der Waals surface area contributed by atoms with E-state index in [0.29, 0.717) is 52.4 Å². The Kier molecular flexibility index (Phi) is 20.6. The number of likely N-dealkylation sites (tertiary alicyclic amines) is 1. The van der Waals surface area contributed by atoms with E-state index in [9.17, 15) is 31.9 Å². The van der Waals surface area contributed by atoms with Gasteiger partial charge in [-0.25, -0.2) is 4.98 Å². The molecule has 2 heterocycles. The SMILES string of the molecule is CO[C@@H](CC(=O)N(C)[C@@H](CCc1ccc(Cl)cc1)C(=O)NC1CCCC(Cc2ccccc2)[C@H]1C)NC(=O)[C@H](CCCN1CC(F)(F)C(F)(F)C1)NCc1ccc(Cl)cc1Oc1ccc(-c2cnc(CN(C)C)n2C)cc1. The molecule has 1 aliphatic carbocycles. The monoisotopic (exact) mass is 1110 g/mol. The first-order chi connectivity index (χ1) is 36.7. The average molecular weight is 1110 g/mol. The van der Waals surface area contributed by atoms with Gasteiger partial charge in [-0.2, -0.15) is 17.6 Å². The van der Waals surface area contributed by atoms with Crippen molar-refractivity contribution in [2.75, 3.05) is 47.9 Å². The summed E-state index contributed by atoms with van der Waals surface area (Å²) in [5, 5.41) is 10.4. The van der Waals surface area contributed by atoms with Crippen molar-refractivity contribution in [3.8, 4) is 22.8 Å². The zero-order valence-corrected chi connectivity index (χ0v) is 46.2. The van der Waals surface area contributed by atoms with Crippen molar-refractivity contribution in [1.82, 2.24) is 40.2 Å². The maximum Gasteiger partial charge on any atom is 0.323 e. The first kappa shape index (κ1) is 59.1. The predicted molar refractivity (Wildman–Crippen MR) is 292 cm³/mol. The largest absolute Gasteiger partial charge is 0.457 e. The first-order valence-electron chi connectivity index (χ1n) is 26.3. The van der Waals surface area contributed by atoms with Crippen LogP contribution in [0.25, 0.3) is 11.3 Å². The van der Waals surface area contributed by atoms with Crippen molar-refractivity contribution < 1.29 is 41.4 Å². The van der Waals surface area contributed by atoms with Crippen LogP contribution in [0.2, 0.25) is 10.0 Å². The third kappa shape index (κ3) is 16.0. The number of hydrogen-bond acceptors (Lipinski definition) is 9. The molecule has 2 fully saturated rings. The lowest BCUT2D eigenvalue weighted by molar-refractivity contribution is -0.172. The van der Waals surface area contributed by atoms with Crippen LogP contribution in [0, 0.1) is 11.8 Å². The van der Waals surface area contributed by atoms with Gasteiger partial charge in [-0.3, -0.25) is 19.3 Å². The summed E-state index contributed by atoms with van der Waals surface area (Å²) in [6, 6.07) is 28.2. The van der Waals surface area contributed by atoms with Gasteiger partial charge < -0.3 is 39.8 Å². The molecule has 0 spiro atoms. The quantitative estimate of drug-likeness (QED) is 0.0386. The fourth-order valence-electron chi connectivity index (χ4n) is 10.3. The Balaban J connectivity index is 1.04. The maximum atomic E-state index is 14.4. The van der Waals surface area contributed by atoms with Crippen LogP contribution in [0.5, 0.6) is 11.5 Å². The number of ether oxygens (including phenoxy) is 2. The van der Waals surface area contributed by atoms with Gasteiger partial charge in [0.05, 0.1) is 44.0 Å². The molecule has 6 atom stereocenters. The van der Waals surface area contributed by atoms with Crippen molar-refractivity contribution >= 4 is 40.9 Å². The molecule has 1 aliphatic heterocycles. The second kappa shape index (κ2) is 26.9. The van der Waals surface area contributed by atoms with E-state index in [0.717, 1.165) is 53.2 Å². The van der Waals surface area contributed by atoms with E-state index in [2.05, 4.69) is 40.0 Å². The van der Waals surface area contributed by atoms with E-state index < -0.39 is 55.1 Å². The van der Waals surface area contributed by atoms with Gasteiger partial charge in [0.25, 0.3) is 0 Å². The minimum Gasteiger partial charge on any atom is -0.457 e. The number of likely N-dealkylation sites (N-methyl/N-ethyl adjacent to an activating group) is 1. The minimum absolute atomic E-state index is 0.0397. The number of alkyl halides is 4. The lowest BCUT2D eigenvalue weighted by atomic mass is 9.74. The molecule has 1 saturated carbocycles. The number of carbonyl (C=O) groups excluding carboxylic acids is 3. The molecule has 4 aromatic carbocycles. The van der Waals surface area contributed by atoms with Gasteiger partial charge in [0.15, 0.2) is 0 Å². The molecule has 3 N–H and O–H groups in total. The van der Waals surface area contributed by atoms with Gasteiger partial charge in [0.1, 0.15) is 29.6 Å². The van der Waals surface area contributed by atoms with Crippen molar-refractivity contribution in [2.45, 2.75) is 114 Å². The Morgan fingerprint density at radius 1 is 0.857 bits per heavy atom. The fraction of sp³-hybridized carbons (Fsp3) is 0.483. The number of nitrogens with zero attached hydrogens (tertiary/aromatic N) is 5. The van der Waals surface area contributed by atoms with Crippen LogP contribution in [-0.4, -0.2) is 126 Å². The topological polar surface area (TPSA) is 133 Å². The molecule has 7 rings (SSSR count). The number of aromatic nitrogens is 2. The van der Waals surface area contributed by atoms with Gasteiger partial charge in [-0.05, 0) is 137 Å². The van der Waals surface area contributed by atoms with Crippen LogP contribution in [0.4, 0.5) is 17.6 Å². The number of imidazole rings is 1. The summed E-state index contributed by atoms with van der Waals surface area (Å²) in [7, 11) is 8.84. The lowest BCUT2D eigenvalue weighted by Gasteiger charge is -2.38. The average Bonchev–Trinajstić information content (AvgIpc) is 3.86. The molecule has 416 valence electrons. The number of hydrogen-bond donors (Lipinski definition) is 3. The zero-order chi connectivity index (χ0) is 55.4. The Bertz CT molecular complexity index is 2720. The Morgan fingerprint density at radius 3 is 2.22 bits per heavy atom. The molecule has 5 aromatic rings. The minimum atomic E-state index is -4.18.